The van der Waals surface area contributed by atoms with Gasteiger partial charge in [-0.2, -0.15) is 0 Å². The number of rotatable bonds is 3. The van der Waals surface area contributed by atoms with E-state index >= 15 is 0 Å². The zero-order chi connectivity index (χ0) is 8.60. The molecule has 0 saturated heterocycles. The Morgan fingerprint density at radius 1 is 1.50 bits per heavy atom. The van der Waals surface area contributed by atoms with Gasteiger partial charge in [0.1, 0.15) is 0 Å². The Labute approximate surface area is 74.7 Å². The van der Waals surface area contributed by atoms with Gasteiger partial charge in [-0.15, -0.1) is 0 Å². The summed E-state index contributed by atoms with van der Waals surface area (Å²) in [5, 5.41) is 3.40. The van der Waals surface area contributed by atoms with Crippen molar-refractivity contribution in [3.05, 3.63) is 0 Å². The Balaban J connectivity index is 1.94. The first-order chi connectivity index (χ1) is 5.83. The van der Waals surface area contributed by atoms with Crippen LogP contribution >= 0.6 is 0 Å². The maximum Gasteiger partial charge on any atom is 0.0661 e. The standard InChI is InChI=1S/C10H19NO/c1-3-12-9-7-8(11-2)10(9)5-4-6-10/h8-9,11H,3-7H2,1-2H3. The molecule has 0 aliphatic heterocycles. The van der Waals surface area contributed by atoms with Crippen LogP contribution in [0.5, 0.6) is 0 Å². The average Bonchev–Trinajstić information content (AvgIpc) is 1.93. The van der Waals surface area contributed by atoms with E-state index in [1.165, 1.54) is 25.7 Å². The van der Waals surface area contributed by atoms with Gasteiger partial charge in [0.25, 0.3) is 0 Å². The molecule has 1 spiro atoms. The number of ether oxygens (including phenoxy) is 1. The Bertz CT molecular complexity index is 165. The molecule has 0 radical (unpaired) electrons. The van der Waals surface area contributed by atoms with Gasteiger partial charge in [0.15, 0.2) is 0 Å². The van der Waals surface area contributed by atoms with Gasteiger partial charge in [-0.25, -0.2) is 0 Å². The highest BCUT2D eigenvalue weighted by Gasteiger charge is 2.58. The van der Waals surface area contributed by atoms with Crippen LogP contribution in [-0.4, -0.2) is 25.8 Å². The Kier molecular flexibility index (Phi) is 2.13. The summed E-state index contributed by atoms with van der Waals surface area (Å²) in [5.41, 5.74) is 0.546. The lowest BCUT2D eigenvalue weighted by molar-refractivity contribution is -0.171. The maximum absolute atomic E-state index is 5.73. The molecule has 12 heavy (non-hydrogen) atoms. The summed E-state index contributed by atoms with van der Waals surface area (Å²) in [5.74, 6) is 0. The van der Waals surface area contributed by atoms with E-state index in [0.29, 0.717) is 11.5 Å². The van der Waals surface area contributed by atoms with E-state index in [-0.39, 0.29) is 0 Å². The fraction of sp³-hybridized carbons (Fsp3) is 1.00. The molecule has 0 aromatic heterocycles. The zero-order valence-electron chi connectivity index (χ0n) is 8.10. The van der Waals surface area contributed by atoms with Gasteiger partial charge in [-0.1, -0.05) is 6.42 Å². The third-order valence-electron chi connectivity index (χ3n) is 3.79. The van der Waals surface area contributed by atoms with Crippen LogP contribution in [0.4, 0.5) is 0 Å². The lowest BCUT2D eigenvalue weighted by Gasteiger charge is -2.61. The number of hydrogen-bond donors (Lipinski definition) is 1. The summed E-state index contributed by atoms with van der Waals surface area (Å²) in [4.78, 5) is 0. The van der Waals surface area contributed by atoms with Gasteiger partial charge < -0.3 is 10.1 Å². The monoisotopic (exact) mass is 169 g/mol. The molecule has 0 heterocycles. The van der Waals surface area contributed by atoms with Crippen molar-refractivity contribution in [2.75, 3.05) is 13.7 Å². The first kappa shape index (κ1) is 8.52. The third kappa shape index (κ3) is 0.944. The quantitative estimate of drug-likeness (QED) is 0.692. The molecule has 2 heteroatoms. The van der Waals surface area contributed by atoms with Gasteiger partial charge in [-0.3, -0.25) is 0 Å². The van der Waals surface area contributed by atoms with Crippen LogP contribution < -0.4 is 5.32 Å². The topological polar surface area (TPSA) is 21.3 Å². The fourth-order valence-corrected chi connectivity index (χ4v) is 2.84. The maximum atomic E-state index is 5.73. The molecule has 2 saturated carbocycles. The van der Waals surface area contributed by atoms with Crippen molar-refractivity contribution in [1.82, 2.24) is 5.32 Å². The summed E-state index contributed by atoms with van der Waals surface area (Å²) >= 11 is 0. The van der Waals surface area contributed by atoms with E-state index in [0.717, 1.165) is 12.6 Å². The van der Waals surface area contributed by atoms with Crippen molar-refractivity contribution in [3.63, 3.8) is 0 Å². The van der Waals surface area contributed by atoms with Crippen molar-refractivity contribution < 1.29 is 4.74 Å². The molecule has 2 aliphatic carbocycles. The molecule has 70 valence electrons. The average molecular weight is 169 g/mol. The van der Waals surface area contributed by atoms with Crippen molar-refractivity contribution in [1.29, 1.82) is 0 Å². The van der Waals surface area contributed by atoms with Gasteiger partial charge in [0, 0.05) is 18.1 Å². The first-order valence-electron chi connectivity index (χ1n) is 5.12. The van der Waals surface area contributed by atoms with Gasteiger partial charge in [0.2, 0.25) is 0 Å². The molecule has 0 bridgehead atoms. The lowest BCUT2D eigenvalue weighted by atomic mass is 9.51. The van der Waals surface area contributed by atoms with E-state index in [9.17, 15) is 0 Å². The largest absolute Gasteiger partial charge is 0.378 e. The molecular formula is C10H19NO. The molecule has 2 rings (SSSR count). The van der Waals surface area contributed by atoms with Crippen LogP contribution in [0.15, 0.2) is 0 Å². The molecule has 2 unspecified atom stereocenters. The van der Waals surface area contributed by atoms with Crippen LogP contribution in [0.1, 0.15) is 32.6 Å². The minimum atomic E-state index is 0.546. The lowest BCUT2D eigenvalue weighted by Crippen LogP contribution is -2.66. The van der Waals surface area contributed by atoms with E-state index in [1.54, 1.807) is 0 Å². The van der Waals surface area contributed by atoms with Gasteiger partial charge >= 0.3 is 0 Å². The molecule has 0 aromatic rings. The summed E-state index contributed by atoms with van der Waals surface area (Å²) in [7, 11) is 2.08. The second-order valence-corrected chi connectivity index (χ2v) is 4.11. The SMILES string of the molecule is CCOC1CC(NC)C12CCC2. The Hall–Kier alpha value is -0.0800. The van der Waals surface area contributed by atoms with Gasteiger partial charge in [-0.05, 0) is 33.2 Å². The molecular weight excluding hydrogens is 150 g/mol. The minimum Gasteiger partial charge on any atom is -0.378 e. The second kappa shape index (κ2) is 3.00. The van der Waals surface area contributed by atoms with Gasteiger partial charge in [0.05, 0.1) is 6.10 Å². The van der Waals surface area contributed by atoms with Crippen molar-refractivity contribution in [3.8, 4) is 0 Å². The molecule has 2 atom stereocenters. The number of nitrogens with one attached hydrogen (secondary N) is 1. The highest BCUT2D eigenvalue weighted by atomic mass is 16.5. The Morgan fingerprint density at radius 3 is 2.67 bits per heavy atom. The summed E-state index contributed by atoms with van der Waals surface area (Å²) < 4.78 is 5.73. The van der Waals surface area contributed by atoms with E-state index in [1.807, 2.05) is 0 Å². The summed E-state index contributed by atoms with van der Waals surface area (Å²) in [6.45, 7) is 2.97. The van der Waals surface area contributed by atoms with Crippen molar-refractivity contribution >= 4 is 0 Å². The molecule has 0 aromatic carbocycles. The van der Waals surface area contributed by atoms with Crippen LogP contribution in [0, 0.1) is 5.41 Å². The second-order valence-electron chi connectivity index (χ2n) is 4.11. The van der Waals surface area contributed by atoms with Crippen molar-refractivity contribution in [2.45, 2.75) is 44.8 Å². The summed E-state index contributed by atoms with van der Waals surface area (Å²) in [6.07, 6.45) is 5.95. The fourth-order valence-electron chi connectivity index (χ4n) is 2.84. The normalized spacial score (nSPS) is 37.5. The molecule has 0 amide bonds. The highest BCUT2D eigenvalue weighted by Crippen LogP contribution is 2.57. The van der Waals surface area contributed by atoms with Crippen LogP contribution in [0.3, 0.4) is 0 Å². The summed E-state index contributed by atoms with van der Waals surface area (Å²) in [6, 6.07) is 0.739. The van der Waals surface area contributed by atoms with E-state index in [4.69, 9.17) is 4.74 Å². The van der Waals surface area contributed by atoms with Crippen LogP contribution in [0.25, 0.3) is 0 Å². The van der Waals surface area contributed by atoms with E-state index in [2.05, 4.69) is 19.3 Å². The van der Waals surface area contributed by atoms with E-state index < -0.39 is 0 Å². The molecule has 2 nitrogen and oxygen atoms in total. The molecule has 2 fully saturated rings. The third-order valence-corrected chi connectivity index (χ3v) is 3.79. The first-order valence-corrected chi connectivity index (χ1v) is 5.12. The zero-order valence-corrected chi connectivity index (χ0v) is 8.10. The van der Waals surface area contributed by atoms with Crippen LogP contribution in [-0.2, 0) is 4.74 Å². The molecule has 2 aliphatic rings. The smallest absolute Gasteiger partial charge is 0.0661 e. The molecule has 1 N–H and O–H groups in total. The Morgan fingerprint density at radius 2 is 2.25 bits per heavy atom. The van der Waals surface area contributed by atoms with Crippen LogP contribution in [0.2, 0.25) is 0 Å². The van der Waals surface area contributed by atoms with Crippen molar-refractivity contribution in [2.24, 2.45) is 5.41 Å². The minimum absolute atomic E-state index is 0.546. The highest BCUT2D eigenvalue weighted by molar-refractivity contribution is 5.11. The predicted molar refractivity (Wildman–Crippen MR) is 49.2 cm³/mol. The predicted octanol–water partition coefficient (Wildman–Crippen LogP) is 1.55. The number of hydrogen-bond acceptors (Lipinski definition) is 2.